The van der Waals surface area contributed by atoms with Crippen molar-refractivity contribution in [3.63, 3.8) is 0 Å². The standard InChI is InChI=1S/C16H9F3N2O4S/c17-16(18,19)12-5-7-13(8-6-12)26(24,25)14(10-20)9-11-3-1-2-4-15(11)21(22)23/h1-9H. The van der Waals surface area contributed by atoms with E-state index in [2.05, 4.69) is 0 Å². The molecule has 0 N–H and O–H groups in total. The number of benzene rings is 2. The summed E-state index contributed by atoms with van der Waals surface area (Å²) in [6, 6.07) is 9.19. The Labute approximate surface area is 145 Å². The molecule has 0 saturated carbocycles. The van der Waals surface area contributed by atoms with Crippen LogP contribution in [-0.2, 0) is 16.0 Å². The first-order valence-corrected chi connectivity index (χ1v) is 8.33. The van der Waals surface area contributed by atoms with Crippen molar-refractivity contribution in [3.8, 4) is 6.07 Å². The molecule has 0 saturated heterocycles. The first kappa shape index (κ1) is 19.1. The summed E-state index contributed by atoms with van der Waals surface area (Å²) in [6.07, 6.45) is -3.83. The SMILES string of the molecule is N#CC(=Cc1ccccc1[N+](=O)[O-])S(=O)(=O)c1ccc(C(F)(F)F)cc1. The molecule has 2 aromatic carbocycles. The number of alkyl halides is 3. The number of nitro groups is 1. The van der Waals surface area contributed by atoms with E-state index >= 15 is 0 Å². The van der Waals surface area contributed by atoms with Gasteiger partial charge in [-0.05, 0) is 36.4 Å². The predicted molar refractivity (Wildman–Crippen MR) is 85.3 cm³/mol. The lowest BCUT2D eigenvalue weighted by molar-refractivity contribution is -0.385. The van der Waals surface area contributed by atoms with Gasteiger partial charge in [0.2, 0.25) is 9.84 Å². The predicted octanol–water partition coefficient (Wildman–Crippen LogP) is 3.95. The molecule has 6 nitrogen and oxygen atoms in total. The van der Waals surface area contributed by atoms with Crippen LogP contribution in [0.25, 0.3) is 6.08 Å². The third-order valence-electron chi connectivity index (χ3n) is 3.31. The Hall–Kier alpha value is -3.19. The van der Waals surface area contributed by atoms with Gasteiger partial charge in [0, 0.05) is 6.07 Å². The summed E-state index contributed by atoms with van der Waals surface area (Å²) < 4.78 is 62.7. The zero-order valence-corrected chi connectivity index (χ0v) is 13.6. The second-order valence-electron chi connectivity index (χ2n) is 4.96. The Morgan fingerprint density at radius 1 is 1.12 bits per heavy atom. The van der Waals surface area contributed by atoms with Gasteiger partial charge < -0.3 is 0 Å². The molecule has 0 aliphatic carbocycles. The number of hydrogen-bond acceptors (Lipinski definition) is 5. The van der Waals surface area contributed by atoms with Crippen LogP contribution in [0.3, 0.4) is 0 Å². The van der Waals surface area contributed by atoms with Gasteiger partial charge in [-0.1, -0.05) is 12.1 Å². The fourth-order valence-corrected chi connectivity index (χ4v) is 3.19. The Kier molecular flexibility index (Phi) is 5.13. The number of sulfone groups is 1. The largest absolute Gasteiger partial charge is 0.416 e. The molecule has 2 rings (SSSR count). The molecule has 0 radical (unpaired) electrons. The molecule has 0 bridgehead atoms. The Balaban J connectivity index is 2.53. The van der Waals surface area contributed by atoms with Crippen LogP contribution >= 0.6 is 0 Å². The number of halogens is 3. The number of hydrogen-bond donors (Lipinski definition) is 0. The smallest absolute Gasteiger partial charge is 0.258 e. The van der Waals surface area contributed by atoms with Gasteiger partial charge >= 0.3 is 6.18 Å². The summed E-state index contributed by atoms with van der Waals surface area (Å²) >= 11 is 0. The first-order chi connectivity index (χ1) is 12.1. The summed E-state index contributed by atoms with van der Waals surface area (Å²) in [4.78, 5) is 8.88. The highest BCUT2D eigenvalue weighted by atomic mass is 32.2. The third-order valence-corrected chi connectivity index (χ3v) is 4.99. The second-order valence-corrected chi connectivity index (χ2v) is 6.88. The molecule has 2 aromatic rings. The van der Waals surface area contributed by atoms with E-state index in [1.54, 1.807) is 0 Å². The Morgan fingerprint density at radius 2 is 1.69 bits per heavy atom. The summed E-state index contributed by atoms with van der Waals surface area (Å²) in [5.41, 5.74) is -1.58. The van der Waals surface area contributed by atoms with Gasteiger partial charge in [0.05, 0.1) is 20.9 Å². The van der Waals surface area contributed by atoms with Crippen molar-refractivity contribution in [1.29, 1.82) is 5.26 Å². The van der Waals surface area contributed by atoms with E-state index in [0.717, 1.165) is 24.3 Å². The first-order valence-electron chi connectivity index (χ1n) is 6.85. The maximum Gasteiger partial charge on any atom is 0.416 e. The van der Waals surface area contributed by atoms with Crippen molar-refractivity contribution >= 4 is 21.6 Å². The van der Waals surface area contributed by atoms with Crippen LogP contribution in [0.5, 0.6) is 0 Å². The van der Waals surface area contributed by atoms with Crippen LogP contribution in [0.15, 0.2) is 58.3 Å². The average molecular weight is 382 g/mol. The molecular weight excluding hydrogens is 373 g/mol. The fourth-order valence-electron chi connectivity index (χ4n) is 2.04. The van der Waals surface area contributed by atoms with Crippen LogP contribution in [0.4, 0.5) is 18.9 Å². The zero-order chi connectivity index (χ0) is 19.5. The highest BCUT2D eigenvalue weighted by molar-refractivity contribution is 7.95. The van der Waals surface area contributed by atoms with E-state index in [9.17, 15) is 31.7 Å². The van der Waals surface area contributed by atoms with Crippen molar-refractivity contribution in [1.82, 2.24) is 0 Å². The van der Waals surface area contributed by atoms with Crippen molar-refractivity contribution in [2.24, 2.45) is 0 Å². The second kappa shape index (κ2) is 6.97. The highest BCUT2D eigenvalue weighted by Gasteiger charge is 2.31. The highest BCUT2D eigenvalue weighted by Crippen LogP contribution is 2.31. The van der Waals surface area contributed by atoms with E-state index < -0.39 is 42.0 Å². The van der Waals surface area contributed by atoms with Crippen LogP contribution < -0.4 is 0 Å². The van der Waals surface area contributed by atoms with Crippen molar-refractivity contribution < 1.29 is 26.5 Å². The molecular formula is C16H9F3N2O4S. The lowest BCUT2D eigenvalue weighted by Crippen LogP contribution is -2.07. The normalized spacial score (nSPS) is 12.5. The molecule has 0 aromatic heterocycles. The summed E-state index contributed by atoms with van der Waals surface area (Å²) in [5, 5.41) is 20.1. The molecule has 0 fully saturated rings. The lowest BCUT2D eigenvalue weighted by Gasteiger charge is -2.08. The van der Waals surface area contributed by atoms with Crippen LogP contribution in [0.1, 0.15) is 11.1 Å². The number of nitrogens with zero attached hydrogens (tertiary/aromatic N) is 2. The lowest BCUT2D eigenvalue weighted by atomic mass is 10.1. The zero-order valence-electron chi connectivity index (χ0n) is 12.8. The fraction of sp³-hybridized carbons (Fsp3) is 0.0625. The monoisotopic (exact) mass is 382 g/mol. The molecule has 0 spiro atoms. The minimum atomic E-state index is -4.64. The van der Waals surface area contributed by atoms with Gasteiger partial charge in [0.1, 0.15) is 11.0 Å². The summed E-state index contributed by atoms with van der Waals surface area (Å²) in [7, 11) is -4.44. The number of para-hydroxylation sites is 1. The van der Waals surface area contributed by atoms with Gasteiger partial charge in [-0.25, -0.2) is 8.42 Å². The molecule has 0 aliphatic rings. The maximum absolute atomic E-state index is 12.6. The average Bonchev–Trinajstić information content (AvgIpc) is 2.59. The molecule has 0 unspecified atom stereocenters. The molecule has 0 atom stereocenters. The molecule has 0 heterocycles. The van der Waals surface area contributed by atoms with Gasteiger partial charge in [0.25, 0.3) is 5.69 Å². The summed E-state index contributed by atoms with van der Waals surface area (Å²) in [6.45, 7) is 0. The van der Waals surface area contributed by atoms with Gasteiger partial charge in [-0.3, -0.25) is 10.1 Å². The minimum Gasteiger partial charge on any atom is -0.258 e. The van der Waals surface area contributed by atoms with Crippen molar-refractivity contribution in [2.75, 3.05) is 0 Å². The molecule has 0 aliphatic heterocycles. The Morgan fingerprint density at radius 3 is 2.19 bits per heavy atom. The van der Waals surface area contributed by atoms with Gasteiger partial charge in [0.15, 0.2) is 0 Å². The minimum absolute atomic E-state index is 0.121. The number of rotatable bonds is 4. The molecule has 10 heteroatoms. The maximum atomic E-state index is 12.6. The molecule has 26 heavy (non-hydrogen) atoms. The van der Waals surface area contributed by atoms with Crippen LogP contribution in [0.2, 0.25) is 0 Å². The van der Waals surface area contributed by atoms with Crippen molar-refractivity contribution in [3.05, 3.63) is 74.7 Å². The number of allylic oxidation sites excluding steroid dienone is 1. The number of nitriles is 1. The van der Waals surface area contributed by atoms with Gasteiger partial charge in [-0.15, -0.1) is 0 Å². The Bertz CT molecular complexity index is 1020. The van der Waals surface area contributed by atoms with Gasteiger partial charge in [-0.2, -0.15) is 18.4 Å². The molecule has 0 amide bonds. The third kappa shape index (κ3) is 3.89. The number of nitro benzene ring substituents is 1. The van der Waals surface area contributed by atoms with E-state index in [0.29, 0.717) is 12.1 Å². The van der Waals surface area contributed by atoms with E-state index in [4.69, 9.17) is 5.26 Å². The quantitative estimate of drug-likeness (QED) is 0.453. The topological polar surface area (TPSA) is 101 Å². The van der Waals surface area contributed by atoms with Crippen LogP contribution in [0, 0.1) is 21.4 Å². The van der Waals surface area contributed by atoms with E-state index in [1.165, 1.54) is 24.3 Å². The molecule has 134 valence electrons. The van der Waals surface area contributed by atoms with E-state index in [-0.39, 0.29) is 5.56 Å². The van der Waals surface area contributed by atoms with Crippen LogP contribution in [-0.4, -0.2) is 13.3 Å². The van der Waals surface area contributed by atoms with Crippen molar-refractivity contribution in [2.45, 2.75) is 11.1 Å². The summed E-state index contributed by atoms with van der Waals surface area (Å²) in [5.74, 6) is 0. The van der Waals surface area contributed by atoms with E-state index in [1.807, 2.05) is 0 Å².